The second-order valence-corrected chi connectivity index (χ2v) is 5.62. The van der Waals surface area contributed by atoms with Crippen LogP contribution in [-0.2, 0) is 9.53 Å². The van der Waals surface area contributed by atoms with E-state index >= 15 is 0 Å². The highest BCUT2D eigenvalue weighted by molar-refractivity contribution is 5.89. The Balaban J connectivity index is 1.89. The molecule has 1 amide bonds. The monoisotopic (exact) mass is 322 g/mol. The molecule has 0 aliphatic carbocycles. The van der Waals surface area contributed by atoms with Crippen LogP contribution >= 0.6 is 0 Å². The lowest BCUT2D eigenvalue weighted by Crippen LogP contribution is -2.46. The van der Waals surface area contributed by atoms with Gasteiger partial charge in [-0.25, -0.2) is 18.7 Å². The molecule has 1 aliphatic heterocycles. The fourth-order valence-corrected chi connectivity index (χ4v) is 2.72. The van der Waals surface area contributed by atoms with Crippen molar-refractivity contribution in [2.75, 3.05) is 25.1 Å². The first-order valence-corrected chi connectivity index (χ1v) is 7.23. The number of anilines is 1. The molecule has 1 saturated heterocycles. The molecule has 2 aromatic rings. The summed E-state index contributed by atoms with van der Waals surface area (Å²) in [6.45, 7) is 1.15. The van der Waals surface area contributed by atoms with Crippen LogP contribution < -0.4 is 11.1 Å². The Morgan fingerprint density at radius 2 is 1.96 bits per heavy atom. The number of amides is 1. The van der Waals surface area contributed by atoms with E-state index in [4.69, 9.17) is 10.5 Å². The maximum Gasteiger partial charge on any atom is 0.225 e. The van der Waals surface area contributed by atoms with Crippen LogP contribution in [-0.4, -0.2) is 35.6 Å². The van der Waals surface area contributed by atoms with E-state index in [-0.39, 0.29) is 12.1 Å². The van der Waals surface area contributed by atoms with Crippen molar-refractivity contribution in [1.29, 1.82) is 0 Å². The zero-order valence-corrected chi connectivity index (χ0v) is 12.3. The van der Waals surface area contributed by atoms with Crippen LogP contribution in [0.15, 0.2) is 18.5 Å². The molecule has 1 aromatic carbocycles. The molecule has 1 aliphatic rings. The summed E-state index contributed by atoms with van der Waals surface area (Å²) in [7, 11) is 0. The van der Waals surface area contributed by atoms with Gasteiger partial charge >= 0.3 is 0 Å². The van der Waals surface area contributed by atoms with Gasteiger partial charge in [-0.3, -0.25) is 4.79 Å². The van der Waals surface area contributed by atoms with Gasteiger partial charge in [-0.2, -0.15) is 0 Å². The highest BCUT2D eigenvalue weighted by atomic mass is 19.2. The minimum Gasteiger partial charge on any atom is -0.381 e. The lowest BCUT2D eigenvalue weighted by atomic mass is 9.79. The Morgan fingerprint density at radius 1 is 1.26 bits per heavy atom. The predicted molar refractivity (Wildman–Crippen MR) is 79.6 cm³/mol. The van der Waals surface area contributed by atoms with Gasteiger partial charge in [0, 0.05) is 31.2 Å². The smallest absolute Gasteiger partial charge is 0.225 e. The van der Waals surface area contributed by atoms with Gasteiger partial charge in [0.1, 0.15) is 12.1 Å². The standard InChI is InChI=1S/C15H16F2N4O2/c16-10-5-9-12(6-11(10)17)20-8-21-13(9)19-7-15(14(18)22)1-3-23-4-2-15/h5-6,8H,1-4,7H2,(H2,18,22)(H,19,20,21). The summed E-state index contributed by atoms with van der Waals surface area (Å²) in [6, 6.07) is 2.05. The average Bonchev–Trinajstić information content (AvgIpc) is 2.55. The van der Waals surface area contributed by atoms with Gasteiger partial charge in [0.15, 0.2) is 11.6 Å². The van der Waals surface area contributed by atoms with Gasteiger partial charge in [0.25, 0.3) is 0 Å². The third-order valence-corrected chi connectivity index (χ3v) is 4.24. The number of nitrogens with one attached hydrogen (secondary N) is 1. The molecule has 0 spiro atoms. The summed E-state index contributed by atoms with van der Waals surface area (Å²) in [5.41, 5.74) is 5.08. The van der Waals surface area contributed by atoms with Crippen LogP contribution in [0.1, 0.15) is 12.8 Å². The molecule has 3 rings (SSSR count). The average molecular weight is 322 g/mol. The third kappa shape index (κ3) is 2.94. The number of fused-ring (bicyclic) bond motifs is 1. The SMILES string of the molecule is NC(=O)C1(CNc2ncnc3cc(F)c(F)cc23)CCOCC1. The van der Waals surface area contributed by atoms with Crippen molar-refractivity contribution in [1.82, 2.24) is 9.97 Å². The van der Waals surface area contributed by atoms with Crippen LogP contribution in [0, 0.1) is 17.0 Å². The predicted octanol–water partition coefficient (Wildman–Crippen LogP) is 1.60. The van der Waals surface area contributed by atoms with Gasteiger partial charge < -0.3 is 15.8 Å². The van der Waals surface area contributed by atoms with Crippen molar-refractivity contribution in [2.24, 2.45) is 11.1 Å². The topological polar surface area (TPSA) is 90.1 Å². The van der Waals surface area contributed by atoms with E-state index in [9.17, 15) is 13.6 Å². The molecule has 3 N–H and O–H groups in total. The van der Waals surface area contributed by atoms with E-state index < -0.39 is 23.0 Å². The molecule has 1 aromatic heterocycles. The molecule has 0 bridgehead atoms. The second kappa shape index (κ2) is 6.04. The van der Waals surface area contributed by atoms with Gasteiger partial charge in [-0.1, -0.05) is 0 Å². The molecule has 6 nitrogen and oxygen atoms in total. The molecule has 0 unspecified atom stereocenters. The van der Waals surface area contributed by atoms with Crippen LogP contribution in [0.2, 0.25) is 0 Å². The summed E-state index contributed by atoms with van der Waals surface area (Å²) in [5.74, 6) is -2.03. The van der Waals surface area contributed by atoms with E-state index in [0.29, 0.717) is 37.3 Å². The summed E-state index contributed by atoms with van der Waals surface area (Å²) in [6.07, 6.45) is 2.26. The van der Waals surface area contributed by atoms with Crippen molar-refractivity contribution in [3.05, 3.63) is 30.1 Å². The Labute approximate surface area is 131 Å². The van der Waals surface area contributed by atoms with Crippen LogP contribution in [0.25, 0.3) is 10.9 Å². The van der Waals surface area contributed by atoms with Crippen LogP contribution in [0.3, 0.4) is 0 Å². The van der Waals surface area contributed by atoms with Gasteiger partial charge in [-0.15, -0.1) is 0 Å². The number of carbonyl (C=O) groups excluding carboxylic acids is 1. The normalized spacial score (nSPS) is 17.1. The molecular formula is C15H16F2N4O2. The Kier molecular flexibility index (Phi) is 4.08. The van der Waals surface area contributed by atoms with Crippen molar-refractivity contribution < 1.29 is 18.3 Å². The first kappa shape index (κ1) is 15.5. The number of carbonyl (C=O) groups is 1. The zero-order chi connectivity index (χ0) is 16.4. The summed E-state index contributed by atoms with van der Waals surface area (Å²) in [5, 5.41) is 3.38. The molecule has 1 fully saturated rings. The molecule has 0 atom stereocenters. The summed E-state index contributed by atoms with van der Waals surface area (Å²) < 4.78 is 32.0. The maximum atomic E-state index is 13.5. The number of nitrogens with zero attached hydrogens (tertiary/aromatic N) is 2. The number of halogens is 2. The van der Waals surface area contributed by atoms with E-state index in [0.717, 1.165) is 12.1 Å². The maximum absolute atomic E-state index is 13.5. The number of rotatable bonds is 4. The second-order valence-electron chi connectivity index (χ2n) is 5.62. The molecular weight excluding hydrogens is 306 g/mol. The van der Waals surface area contributed by atoms with E-state index in [1.807, 2.05) is 0 Å². The fourth-order valence-electron chi connectivity index (χ4n) is 2.72. The summed E-state index contributed by atoms with van der Waals surface area (Å²) in [4.78, 5) is 19.8. The minimum absolute atomic E-state index is 0.247. The van der Waals surface area contributed by atoms with Gasteiger partial charge in [0.05, 0.1) is 10.9 Å². The number of hydrogen-bond acceptors (Lipinski definition) is 5. The van der Waals surface area contributed by atoms with Crippen molar-refractivity contribution in [3.8, 4) is 0 Å². The number of hydrogen-bond donors (Lipinski definition) is 2. The molecule has 8 heteroatoms. The van der Waals surface area contributed by atoms with Crippen LogP contribution in [0.4, 0.5) is 14.6 Å². The molecule has 0 saturated carbocycles. The lowest BCUT2D eigenvalue weighted by molar-refractivity contribution is -0.132. The largest absolute Gasteiger partial charge is 0.381 e. The van der Waals surface area contributed by atoms with Crippen LogP contribution in [0.5, 0.6) is 0 Å². The van der Waals surface area contributed by atoms with E-state index in [1.54, 1.807) is 0 Å². The Bertz CT molecular complexity index is 748. The van der Waals surface area contributed by atoms with Crippen molar-refractivity contribution in [3.63, 3.8) is 0 Å². The molecule has 2 heterocycles. The van der Waals surface area contributed by atoms with E-state index in [2.05, 4.69) is 15.3 Å². The molecule has 0 radical (unpaired) electrons. The first-order valence-electron chi connectivity index (χ1n) is 7.23. The summed E-state index contributed by atoms with van der Waals surface area (Å²) >= 11 is 0. The van der Waals surface area contributed by atoms with Gasteiger partial charge in [-0.05, 0) is 18.9 Å². The number of aromatic nitrogens is 2. The minimum atomic E-state index is -0.981. The molecule has 23 heavy (non-hydrogen) atoms. The highest BCUT2D eigenvalue weighted by Gasteiger charge is 2.38. The highest BCUT2D eigenvalue weighted by Crippen LogP contribution is 2.31. The number of primary amides is 1. The first-order chi connectivity index (χ1) is 11.0. The lowest BCUT2D eigenvalue weighted by Gasteiger charge is -2.34. The van der Waals surface area contributed by atoms with Crippen molar-refractivity contribution >= 4 is 22.6 Å². The van der Waals surface area contributed by atoms with Crippen molar-refractivity contribution in [2.45, 2.75) is 12.8 Å². The Hall–Kier alpha value is -2.35. The number of benzene rings is 1. The number of nitrogens with two attached hydrogens (primary N) is 1. The Morgan fingerprint density at radius 3 is 2.65 bits per heavy atom. The van der Waals surface area contributed by atoms with E-state index in [1.165, 1.54) is 6.33 Å². The molecule has 122 valence electrons. The quantitative estimate of drug-likeness (QED) is 0.892. The fraction of sp³-hybridized carbons (Fsp3) is 0.400. The number of ether oxygens (including phenoxy) is 1. The third-order valence-electron chi connectivity index (χ3n) is 4.24. The zero-order valence-electron chi connectivity index (χ0n) is 12.3. The van der Waals surface area contributed by atoms with Gasteiger partial charge in [0.2, 0.25) is 5.91 Å².